The van der Waals surface area contributed by atoms with Gasteiger partial charge in [-0.1, -0.05) is 0 Å². The first-order chi connectivity index (χ1) is 25.5. The predicted molar refractivity (Wildman–Crippen MR) is 174 cm³/mol. The van der Waals surface area contributed by atoms with E-state index < -0.39 is 150 Å². The van der Waals surface area contributed by atoms with E-state index in [1.165, 1.54) is 0 Å². The van der Waals surface area contributed by atoms with Gasteiger partial charge in [0.05, 0.1) is 47.6 Å². The minimum atomic E-state index is -1.84. The third kappa shape index (κ3) is 5.82. The molecule has 0 spiro atoms. The van der Waals surface area contributed by atoms with Crippen LogP contribution in [0.15, 0.2) is 36.4 Å². The molecule has 14 nitrogen and oxygen atoms in total. The molecular formula is C34H22F6N6O8. The van der Waals surface area contributed by atoms with Crippen LogP contribution >= 0.6 is 0 Å². The number of ether oxygens (including phenoxy) is 2. The molecule has 0 aliphatic rings. The van der Waals surface area contributed by atoms with Gasteiger partial charge in [0.15, 0.2) is 11.5 Å². The Kier molecular flexibility index (Phi) is 9.13. The highest BCUT2D eigenvalue weighted by atomic mass is 19.2. The predicted octanol–water partition coefficient (Wildman–Crippen LogP) is 4.87. The van der Waals surface area contributed by atoms with Crippen LogP contribution in [-0.2, 0) is 13.1 Å². The van der Waals surface area contributed by atoms with Crippen LogP contribution in [0.25, 0.3) is 44.8 Å². The van der Waals surface area contributed by atoms with Gasteiger partial charge >= 0.3 is 11.9 Å². The number of carboxylic acid groups (broad SMARTS) is 2. The van der Waals surface area contributed by atoms with E-state index >= 15 is 17.6 Å². The number of imidazole rings is 2. The molecule has 2 aromatic heterocycles. The average molecular weight is 757 g/mol. The number of nitrogens with zero attached hydrogens (tertiary/aromatic N) is 4. The second kappa shape index (κ2) is 13.5. The van der Waals surface area contributed by atoms with Crippen LogP contribution in [-0.4, -0.2) is 67.3 Å². The van der Waals surface area contributed by atoms with E-state index in [0.717, 1.165) is 23.4 Å². The van der Waals surface area contributed by atoms with Gasteiger partial charge in [-0.25, -0.2) is 45.9 Å². The van der Waals surface area contributed by atoms with Crippen molar-refractivity contribution in [3.05, 3.63) is 93.6 Å². The number of hydrogen-bond donors (Lipinski definition) is 4. The molecule has 4 aromatic carbocycles. The number of aromatic carboxylic acids is 2. The largest absolute Gasteiger partial charge is 0.494 e. The number of carbonyl (C=O) groups is 4. The standard InChI is InChI=1S/C34H22F6N6O8/c1-53-27-15(29(41)47)9-19(39)25-23(27)43-31(21-13(33(49)50)5-11(35)7-17(21)37)45(25)3-4-46-26-20(40)10-16(30(42)48)28(54-2)24(26)44-32(46)22-14(34(51)52)6-12(36)8-18(22)38/h5-10H,3-4H2,1-2H3,(H2,41,47)(H2,42,48)(H,49,50)(H,51,52). The summed E-state index contributed by atoms with van der Waals surface area (Å²) in [5.74, 6) is -16.4. The summed E-state index contributed by atoms with van der Waals surface area (Å²) in [7, 11) is 2.10. The van der Waals surface area contributed by atoms with Gasteiger partial charge in [0, 0.05) is 25.2 Å². The first-order valence-electron chi connectivity index (χ1n) is 15.1. The lowest BCUT2D eigenvalue weighted by Crippen LogP contribution is -2.15. The fourth-order valence-corrected chi connectivity index (χ4v) is 6.22. The molecule has 0 radical (unpaired) electrons. The average Bonchev–Trinajstić information content (AvgIpc) is 3.65. The minimum Gasteiger partial charge on any atom is -0.494 e. The maximum Gasteiger partial charge on any atom is 0.336 e. The number of carbonyl (C=O) groups excluding carboxylic acids is 2. The summed E-state index contributed by atoms with van der Waals surface area (Å²) in [6, 6.07) is 2.83. The van der Waals surface area contributed by atoms with Crippen molar-refractivity contribution in [2.24, 2.45) is 11.5 Å². The van der Waals surface area contributed by atoms with E-state index in [2.05, 4.69) is 9.97 Å². The topological polar surface area (TPSA) is 215 Å². The summed E-state index contributed by atoms with van der Waals surface area (Å²) in [6.45, 7) is -1.44. The maximum atomic E-state index is 16.0. The Morgan fingerprint density at radius 3 is 1.24 bits per heavy atom. The van der Waals surface area contributed by atoms with Crippen LogP contribution in [0.2, 0.25) is 0 Å². The maximum absolute atomic E-state index is 16.0. The van der Waals surface area contributed by atoms with E-state index in [0.29, 0.717) is 36.4 Å². The first-order valence-corrected chi connectivity index (χ1v) is 15.1. The number of aryl methyl sites for hydroxylation is 2. The number of aromatic nitrogens is 4. The Balaban J connectivity index is 1.72. The minimum absolute atomic E-state index is 0.318. The van der Waals surface area contributed by atoms with Gasteiger partial charge in [0.1, 0.15) is 68.6 Å². The zero-order chi connectivity index (χ0) is 39.5. The van der Waals surface area contributed by atoms with Crippen molar-refractivity contribution in [1.29, 1.82) is 0 Å². The number of carboxylic acids is 2. The van der Waals surface area contributed by atoms with Gasteiger partial charge < -0.3 is 40.3 Å². The van der Waals surface area contributed by atoms with E-state index in [-0.39, 0.29) is 0 Å². The van der Waals surface area contributed by atoms with Gasteiger partial charge in [-0.05, 0) is 24.3 Å². The van der Waals surface area contributed by atoms with E-state index in [9.17, 15) is 38.2 Å². The molecule has 6 aromatic rings. The lowest BCUT2D eigenvalue weighted by atomic mass is 10.1. The van der Waals surface area contributed by atoms with Gasteiger partial charge in [-0.3, -0.25) is 9.59 Å². The monoisotopic (exact) mass is 756 g/mol. The number of hydrogen-bond acceptors (Lipinski definition) is 8. The fourth-order valence-electron chi connectivity index (χ4n) is 6.22. The highest BCUT2D eigenvalue weighted by Crippen LogP contribution is 2.40. The van der Waals surface area contributed by atoms with Crippen LogP contribution < -0.4 is 20.9 Å². The molecule has 2 amide bonds. The van der Waals surface area contributed by atoms with Crippen molar-refractivity contribution in [3.8, 4) is 34.3 Å². The van der Waals surface area contributed by atoms with Crippen molar-refractivity contribution in [3.63, 3.8) is 0 Å². The molecule has 278 valence electrons. The number of methoxy groups -OCH3 is 2. The van der Waals surface area contributed by atoms with Crippen LogP contribution in [0.1, 0.15) is 41.4 Å². The third-order valence-electron chi connectivity index (χ3n) is 8.35. The summed E-state index contributed by atoms with van der Waals surface area (Å²) in [4.78, 5) is 57.2. The van der Waals surface area contributed by atoms with Crippen molar-refractivity contribution in [2.75, 3.05) is 14.2 Å². The molecule has 2 heterocycles. The van der Waals surface area contributed by atoms with Crippen molar-refractivity contribution in [2.45, 2.75) is 13.1 Å². The summed E-state index contributed by atoms with van der Waals surface area (Å²) < 4.78 is 104. The number of primary amides is 2. The molecule has 0 aliphatic heterocycles. The van der Waals surface area contributed by atoms with Crippen molar-refractivity contribution < 1.29 is 65.2 Å². The SMILES string of the molecule is COc1c(C(N)=O)cc(F)c2c1nc(-c1c(F)cc(F)cc1C(=O)O)n2CCn1c(-c2c(F)cc(F)cc2C(=O)O)nc2c(OC)c(C(N)=O)cc(F)c21. The van der Waals surface area contributed by atoms with Crippen molar-refractivity contribution >= 4 is 45.8 Å². The zero-order valence-corrected chi connectivity index (χ0v) is 27.4. The molecule has 0 unspecified atom stereocenters. The number of nitrogens with two attached hydrogens (primary N) is 2. The molecule has 20 heteroatoms. The van der Waals surface area contributed by atoms with E-state index in [1.54, 1.807) is 0 Å². The quantitative estimate of drug-likeness (QED) is 0.132. The molecule has 0 saturated heterocycles. The summed E-state index contributed by atoms with van der Waals surface area (Å²) >= 11 is 0. The smallest absolute Gasteiger partial charge is 0.336 e. The lowest BCUT2D eigenvalue weighted by Gasteiger charge is -2.16. The van der Waals surface area contributed by atoms with Gasteiger partial charge in [0.2, 0.25) is 0 Å². The van der Waals surface area contributed by atoms with Crippen LogP contribution in [0, 0.1) is 34.9 Å². The number of halogens is 6. The second-order valence-electron chi connectivity index (χ2n) is 11.4. The number of amides is 2. The molecule has 0 bridgehead atoms. The molecule has 6 N–H and O–H groups in total. The Hall–Kier alpha value is -7.12. The Morgan fingerprint density at radius 1 is 0.593 bits per heavy atom. The van der Waals surface area contributed by atoms with Gasteiger partial charge in [-0.2, -0.15) is 0 Å². The highest BCUT2D eigenvalue weighted by Gasteiger charge is 2.32. The second-order valence-corrected chi connectivity index (χ2v) is 11.4. The normalized spacial score (nSPS) is 11.3. The van der Waals surface area contributed by atoms with Gasteiger partial charge in [0.25, 0.3) is 11.8 Å². The zero-order valence-electron chi connectivity index (χ0n) is 27.4. The highest BCUT2D eigenvalue weighted by molar-refractivity contribution is 6.04. The molecule has 6 rings (SSSR count). The van der Waals surface area contributed by atoms with Crippen molar-refractivity contribution in [1.82, 2.24) is 19.1 Å². The Morgan fingerprint density at radius 2 is 0.944 bits per heavy atom. The first kappa shape index (κ1) is 36.7. The van der Waals surface area contributed by atoms with Gasteiger partial charge in [-0.15, -0.1) is 0 Å². The summed E-state index contributed by atoms with van der Waals surface area (Å²) in [5.41, 5.74) is 3.83. The summed E-state index contributed by atoms with van der Waals surface area (Å²) in [5, 5.41) is 19.8. The fraction of sp³-hybridized carbons (Fsp3) is 0.118. The Bertz CT molecular complexity index is 2460. The number of rotatable bonds is 11. The van der Waals surface area contributed by atoms with Crippen LogP contribution in [0.4, 0.5) is 26.3 Å². The molecule has 54 heavy (non-hydrogen) atoms. The molecular weight excluding hydrogens is 734 g/mol. The lowest BCUT2D eigenvalue weighted by molar-refractivity contribution is 0.0686. The summed E-state index contributed by atoms with van der Waals surface area (Å²) in [6.07, 6.45) is 0. The van der Waals surface area contributed by atoms with Crippen LogP contribution in [0.3, 0.4) is 0 Å². The Labute approximate surface area is 296 Å². The number of benzene rings is 4. The van der Waals surface area contributed by atoms with Crippen LogP contribution in [0.5, 0.6) is 11.5 Å². The molecule has 0 aliphatic carbocycles. The third-order valence-corrected chi connectivity index (χ3v) is 8.35. The van der Waals surface area contributed by atoms with E-state index in [1.807, 2.05) is 0 Å². The number of fused-ring (bicyclic) bond motifs is 2. The molecule has 0 atom stereocenters. The van der Waals surface area contributed by atoms with E-state index in [4.69, 9.17) is 20.9 Å². The molecule has 0 fully saturated rings. The molecule has 0 saturated carbocycles.